The van der Waals surface area contributed by atoms with Crippen molar-refractivity contribution >= 4 is 17.5 Å². The summed E-state index contributed by atoms with van der Waals surface area (Å²) in [7, 11) is 0. The highest BCUT2D eigenvalue weighted by molar-refractivity contribution is 5.58. The van der Waals surface area contributed by atoms with Crippen LogP contribution in [0.2, 0.25) is 0 Å². The first-order valence-electron chi connectivity index (χ1n) is 7.63. The summed E-state index contributed by atoms with van der Waals surface area (Å²) in [6, 6.07) is 6.90. The summed E-state index contributed by atoms with van der Waals surface area (Å²) < 4.78 is 0. The smallest absolute Gasteiger partial charge is 0.229 e. The average molecular weight is 299 g/mol. The van der Waals surface area contributed by atoms with Crippen LogP contribution in [0.1, 0.15) is 30.7 Å². The number of aromatic hydroxyl groups is 1. The lowest BCUT2D eigenvalue weighted by atomic mass is 10.2. The van der Waals surface area contributed by atoms with E-state index in [1.165, 1.54) is 18.4 Å². The van der Waals surface area contributed by atoms with Crippen LogP contribution >= 0.6 is 0 Å². The number of aromatic nitrogens is 2. The lowest BCUT2D eigenvalue weighted by Crippen LogP contribution is -2.12. The van der Waals surface area contributed by atoms with Gasteiger partial charge in [-0.25, -0.2) is 4.98 Å². The van der Waals surface area contributed by atoms with E-state index in [1.54, 1.807) is 18.2 Å². The summed E-state index contributed by atoms with van der Waals surface area (Å²) >= 11 is 0. The Hall–Kier alpha value is -2.34. The molecule has 1 fully saturated rings. The Morgan fingerprint density at radius 1 is 1.32 bits per heavy atom. The molecule has 0 saturated heterocycles. The van der Waals surface area contributed by atoms with Crippen molar-refractivity contribution in [3.63, 3.8) is 0 Å². The molecule has 5 N–H and O–H groups in total. The van der Waals surface area contributed by atoms with Gasteiger partial charge in [0, 0.05) is 30.1 Å². The van der Waals surface area contributed by atoms with Gasteiger partial charge >= 0.3 is 0 Å². The maximum absolute atomic E-state index is 9.51. The predicted octanol–water partition coefficient (Wildman–Crippen LogP) is 2.56. The van der Waals surface area contributed by atoms with E-state index in [-0.39, 0.29) is 5.75 Å². The fourth-order valence-corrected chi connectivity index (χ4v) is 2.31. The zero-order valence-corrected chi connectivity index (χ0v) is 12.4. The van der Waals surface area contributed by atoms with Gasteiger partial charge in [-0.05, 0) is 43.9 Å². The maximum atomic E-state index is 9.51. The van der Waals surface area contributed by atoms with Crippen LogP contribution in [-0.4, -0.2) is 28.2 Å². The SMILES string of the molecule is NCCCNc1nc(Nc2cccc(O)c2)ncc1C1CC1. The zero-order chi connectivity index (χ0) is 15.4. The third-order valence-electron chi connectivity index (χ3n) is 3.61. The van der Waals surface area contributed by atoms with Crippen molar-refractivity contribution in [3.05, 3.63) is 36.0 Å². The van der Waals surface area contributed by atoms with E-state index in [0.717, 1.165) is 24.5 Å². The second-order valence-corrected chi connectivity index (χ2v) is 5.52. The Morgan fingerprint density at radius 2 is 2.18 bits per heavy atom. The highest BCUT2D eigenvalue weighted by Gasteiger charge is 2.27. The average Bonchev–Trinajstić information content (AvgIpc) is 3.32. The predicted molar refractivity (Wildman–Crippen MR) is 87.6 cm³/mol. The maximum Gasteiger partial charge on any atom is 0.229 e. The number of nitrogens with two attached hydrogens (primary N) is 1. The minimum Gasteiger partial charge on any atom is -0.508 e. The molecule has 0 radical (unpaired) electrons. The summed E-state index contributed by atoms with van der Waals surface area (Å²) in [6.45, 7) is 1.46. The topological polar surface area (TPSA) is 96.1 Å². The van der Waals surface area contributed by atoms with Crippen LogP contribution in [0.15, 0.2) is 30.5 Å². The highest BCUT2D eigenvalue weighted by atomic mass is 16.3. The molecular weight excluding hydrogens is 278 g/mol. The van der Waals surface area contributed by atoms with Gasteiger partial charge in [0.1, 0.15) is 11.6 Å². The van der Waals surface area contributed by atoms with Gasteiger partial charge in [-0.3, -0.25) is 0 Å². The number of benzene rings is 1. The van der Waals surface area contributed by atoms with E-state index in [0.29, 0.717) is 18.4 Å². The third-order valence-corrected chi connectivity index (χ3v) is 3.61. The second kappa shape index (κ2) is 6.62. The van der Waals surface area contributed by atoms with Crippen LogP contribution in [0.25, 0.3) is 0 Å². The molecule has 0 aliphatic heterocycles. The van der Waals surface area contributed by atoms with Gasteiger partial charge in [-0.1, -0.05) is 6.07 Å². The first kappa shape index (κ1) is 14.6. The normalized spacial score (nSPS) is 13.9. The molecular formula is C16H21N5O. The highest BCUT2D eigenvalue weighted by Crippen LogP contribution is 2.42. The number of phenols is 1. The first-order valence-corrected chi connectivity index (χ1v) is 7.63. The van der Waals surface area contributed by atoms with Crippen LogP contribution in [0.5, 0.6) is 5.75 Å². The van der Waals surface area contributed by atoms with Crippen LogP contribution < -0.4 is 16.4 Å². The van der Waals surface area contributed by atoms with E-state index < -0.39 is 0 Å². The molecule has 3 rings (SSSR count). The molecule has 116 valence electrons. The van der Waals surface area contributed by atoms with Crippen LogP contribution in [0, 0.1) is 0 Å². The van der Waals surface area contributed by atoms with Crippen molar-refractivity contribution in [2.75, 3.05) is 23.7 Å². The molecule has 1 heterocycles. The van der Waals surface area contributed by atoms with Crippen LogP contribution in [-0.2, 0) is 0 Å². The number of nitrogens with one attached hydrogen (secondary N) is 2. The lowest BCUT2D eigenvalue weighted by molar-refractivity contribution is 0.475. The molecule has 1 aliphatic carbocycles. The van der Waals surface area contributed by atoms with Crippen LogP contribution in [0.3, 0.4) is 0 Å². The quantitative estimate of drug-likeness (QED) is 0.587. The summed E-state index contributed by atoms with van der Waals surface area (Å²) in [4.78, 5) is 8.96. The van der Waals surface area contributed by atoms with E-state index >= 15 is 0 Å². The molecule has 22 heavy (non-hydrogen) atoms. The lowest BCUT2D eigenvalue weighted by Gasteiger charge is -2.12. The molecule has 0 unspecified atom stereocenters. The minimum atomic E-state index is 0.209. The Labute approximate surface area is 129 Å². The van der Waals surface area contributed by atoms with Crippen molar-refractivity contribution in [2.24, 2.45) is 5.73 Å². The van der Waals surface area contributed by atoms with Gasteiger partial charge in [0.05, 0.1) is 0 Å². The third kappa shape index (κ3) is 3.65. The van der Waals surface area contributed by atoms with Gasteiger partial charge in [-0.2, -0.15) is 4.98 Å². The number of phenolic OH excluding ortho intramolecular Hbond substituents is 1. The number of nitrogens with zero attached hydrogens (tertiary/aromatic N) is 2. The van der Waals surface area contributed by atoms with Crippen molar-refractivity contribution in [2.45, 2.75) is 25.2 Å². The second-order valence-electron chi connectivity index (χ2n) is 5.52. The summed E-state index contributed by atoms with van der Waals surface area (Å²) in [6.07, 6.45) is 5.20. The fourth-order valence-electron chi connectivity index (χ4n) is 2.31. The molecule has 6 heteroatoms. The fraction of sp³-hybridized carbons (Fsp3) is 0.375. The number of rotatable bonds is 7. The molecule has 0 amide bonds. The number of hydrogen-bond acceptors (Lipinski definition) is 6. The van der Waals surface area contributed by atoms with Crippen LogP contribution in [0.4, 0.5) is 17.5 Å². The van der Waals surface area contributed by atoms with E-state index in [1.807, 2.05) is 12.3 Å². The van der Waals surface area contributed by atoms with Gasteiger partial charge in [0.25, 0.3) is 0 Å². The molecule has 1 saturated carbocycles. The molecule has 1 aromatic heterocycles. The Balaban J connectivity index is 1.78. The van der Waals surface area contributed by atoms with E-state index in [4.69, 9.17) is 5.73 Å². The number of anilines is 3. The van der Waals surface area contributed by atoms with Crippen molar-refractivity contribution in [3.8, 4) is 5.75 Å². The van der Waals surface area contributed by atoms with E-state index in [2.05, 4.69) is 20.6 Å². The minimum absolute atomic E-state index is 0.209. The molecule has 2 aromatic rings. The van der Waals surface area contributed by atoms with Crippen molar-refractivity contribution < 1.29 is 5.11 Å². The van der Waals surface area contributed by atoms with Gasteiger partial charge < -0.3 is 21.5 Å². The molecule has 0 bridgehead atoms. The molecule has 1 aliphatic rings. The standard InChI is InChI=1S/C16H21N5O/c17-7-2-8-18-15-14(11-5-6-11)10-19-16(21-15)20-12-3-1-4-13(22)9-12/h1,3-4,9-11,22H,2,5-8,17H2,(H2,18,19,20,21). The van der Waals surface area contributed by atoms with Crippen molar-refractivity contribution in [1.82, 2.24) is 9.97 Å². The van der Waals surface area contributed by atoms with Gasteiger partial charge in [0.2, 0.25) is 5.95 Å². The molecule has 6 nitrogen and oxygen atoms in total. The first-order chi connectivity index (χ1) is 10.8. The summed E-state index contributed by atoms with van der Waals surface area (Å²) in [5.74, 6) is 2.19. The zero-order valence-electron chi connectivity index (χ0n) is 12.4. The summed E-state index contributed by atoms with van der Waals surface area (Å²) in [5.41, 5.74) is 7.48. The molecule has 0 spiro atoms. The number of hydrogen-bond donors (Lipinski definition) is 4. The van der Waals surface area contributed by atoms with Gasteiger partial charge in [-0.15, -0.1) is 0 Å². The largest absolute Gasteiger partial charge is 0.508 e. The molecule has 1 aromatic carbocycles. The Morgan fingerprint density at radius 3 is 2.91 bits per heavy atom. The van der Waals surface area contributed by atoms with Crippen molar-refractivity contribution in [1.29, 1.82) is 0 Å². The monoisotopic (exact) mass is 299 g/mol. The molecule has 0 atom stereocenters. The Kier molecular flexibility index (Phi) is 4.39. The Bertz CT molecular complexity index is 642. The van der Waals surface area contributed by atoms with Gasteiger partial charge in [0.15, 0.2) is 0 Å². The summed E-state index contributed by atoms with van der Waals surface area (Å²) in [5, 5.41) is 16.0. The van der Waals surface area contributed by atoms with E-state index in [9.17, 15) is 5.11 Å².